The zero-order chi connectivity index (χ0) is 28.4. The number of nitrogens with one attached hydrogen (secondary N) is 2. The Bertz CT molecular complexity index is 1320. The third-order valence-corrected chi connectivity index (χ3v) is 6.69. The summed E-state index contributed by atoms with van der Waals surface area (Å²) in [6.45, 7) is 12.5. The first-order chi connectivity index (χ1) is 18.7. The molecule has 0 aliphatic rings. The molecule has 0 saturated heterocycles. The maximum absolute atomic E-state index is 13.0. The number of thioether (sulfide) groups is 1. The van der Waals surface area contributed by atoms with Gasteiger partial charge in [-0.25, -0.2) is 4.79 Å². The van der Waals surface area contributed by atoms with Crippen LogP contribution in [0.4, 0.5) is 5.69 Å². The summed E-state index contributed by atoms with van der Waals surface area (Å²) < 4.78 is 7.02. The molecule has 2 aromatic carbocycles. The second kappa shape index (κ2) is 14.3. The van der Waals surface area contributed by atoms with Crippen LogP contribution in [0.15, 0.2) is 66.3 Å². The van der Waals surface area contributed by atoms with Gasteiger partial charge >= 0.3 is 5.97 Å². The van der Waals surface area contributed by atoms with Gasteiger partial charge in [0.2, 0.25) is 5.91 Å². The third-order valence-electron chi connectivity index (χ3n) is 5.72. The van der Waals surface area contributed by atoms with Gasteiger partial charge in [0.1, 0.15) is 0 Å². The van der Waals surface area contributed by atoms with Crippen LogP contribution in [0, 0.1) is 12.8 Å². The molecule has 0 aliphatic carbocycles. The van der Waals surface area contributed by atoms with Crippen LogP contribution in [0.3, 0.4) is 0 Å². The van der Waals surface area contributed by atoms with Crippen molar-refractivity contribution in [3.05, 3.63) is 83.7 Å². The molecule has 0 fully saturated rings. The number of anilines is 1. The normalized spacial score (nSPS) is 11.6. The molecule has 1 heterocycles. The topological polar surface area (TPSA) is 115 Å². The Balaban J connectivity index is 1.70. The molecule has 206 valence electrons. The highest BCUT2D eigenvalue weighted by Crippen LogP contribution is 2.26. The van der Waals surface area contributed by atoms with Crippen LogP contribution in [0.2, 0.25) is 0 Å². The van der Waals surface area contributed by atoms with Crippen LogP contribution < -0.4 is 10.6 Å². The Kier molecular flexibility index (Phi) is 10.9. The molecule has 0 spiro atoms. The third kappa shape index (κ3) is 8.28. The lowest BCUT2D eigenvalue weighted by Crippen LogP contribution is -2.34. The van der Waals surface area contributed by atoms with Gasteiger partial charge in [0.25, 0.3) is 5.91 Å². The van der Waals surface area contributed by atoms with Crippen LogP contribution in [-0.2, 0) is 16.1 Å². The van der Waals surface area contributed by atoms with Crippen LogP contribution in [-0.4, -0.2) is 44.9 Å². The predicted octanol–water partition coefficient (Wildman–Crippen LogP) is 5.20. The maximum Gasteiger partial charge on any atom is 0.338 e. The molecule has 0 aliphatic heterocycles. The lowest BCUT2D eigenvalue weighted by Gasteiger charge is -2.22. The molecule has 0 saturated carbocycles. The second-order valence-corrected chi connectivity index (χ2v) is 10.3. The lowest BCUT2D eigenvalue weighted by molar-refractivity contribution is -0.113. The Labute approximate surface area is 233 Å². The molecule has 0 bridgehead atoms. The molecule has 2 N–H and O–H groups in total. The largest absolute Gasteiger partial charge is 0.462 e. The lowest BCUT2D eigenvalue weighted by atomic mass is 10.0. The molecule has 3 aromatic rings. The zero-order valence-electron chi connectivity index (χ0n) is 22.8. The summed E-state index contributed by atoms with van der Waals surface area (Å²) in [6.07, 6.45) is 2.45. The van der Waals surface area contributed by atoms with Gasteiger partial charge in [0, 0.05) is 17.8 Å². The Hall–Kier alpha value is -3.92. The first kappa shape index (κ1) is 29.6. The maximum atomic E-state index is 13.0. The van der Waals surface area contributed by atoms with Gasteiger partial charge in [-0.15, -0.1) is 16.8 Å². The second-order valence-electron chi connectivity index (χ2n) is 9.36. The number of hydrogen-bond acceptors (Lipinski definition) is 7. The van der Waals surface area contributed by atoms with Crippen molar-refractivity contribution in [2.45, 2.75) is 51.9 Å². The van der Waals surface area contributed by atoms with Crippen LogP contribution in [0.5, 0.6) is 0 Å². The smallest absolute Gasteiger partial charge is 0.338 e. The van der Waals surface area contributed by atoms with E-state index in [1.165, 1.54) is 11.8 Å². The van der Waals surface area contributed by atoms with Crippen molar-refractivity contribution in [2.24, 2.45) is 5.92 Å². The van der Waals surface area contributed by atoms with Crippen molar-refractivity contribution < 1.29 is 19.1 Å². The number of carbonyl (C=O) groups excluding carboxylic acids is 3. The van der Waals surface area contributed by atoms with Crippen LogP contribution in [0.1, 0.15) is 65.3 Å². The van der Waals surface area contributed by atoms with E-state index in [4.69, 9.17) is 4.74 Å². The van der Waals surface area contributed by atoms with Gasteiger partial charge in [-0.2, -0.15) is 0 Å². The van der Waals surface area contributed by atoms with Crippen molar-refractivity contribution in [1.82, 2.24) is 20.1 Å². The Morgan fingerprint density at radius 3 is 2.54 bits per heavy atom. The highest BCUT2D eigenvalue weighted by atomic mass is 32.2. The number of benzene rings is 2. The van der Waals surface area contributed by atoms with E-state index < -0.39 is 12.0 Å². The Morgan fingerprint density at radius 2 is 1.85 bits per heavy atom. The minimum Gasteiger partial charge on any atom is -0.462 e. The minimum atomic E-state index is -0.429. The summed E-state index contributed by atoms with van der Waals surface area (Å²) in [5.41, 5.74) is 2.44. The molecule has 2 amide bonds. The van der Waals surface area contributed by atoms with E-state index >= 15 is 0 Å². The number of hydrogen-bond donors (Lipinski definition) is 2. The van der Waals surface area contributed by atoms with Crippen LogP contribution in [0.25, 0.3) is 0 Å². The number of carbonyl (C=O) groups is 3. The number of nitrogens with zero attached hydrogens (tertiary/aromatic N) is 3. The van der Waals surface area contributed by atoms with E-state index in [9.17, 15) is 14.4 Å². The summed E-state index contributed by atoms with van der Waals surface area (Å²) in [7, 11) is 0. The quantitative estimate of drug-likeness (QED) is 0.171. The highest BCUT2D eigenvalue weighted by Gasteiger charge is 2.26. The van der Waals surface area contributed by atoms with E-state index in [2.05, 4.69) is 27.4 Å². The number of esters is 1. The highest BCUT2D eigenvalue weighted by molar-refractivity contribution is 7.99. The summed E-state index contributed by atoms with van der Waals surface area (Å²) in [4.78, 5) is 37.8. The molecule has 1 atom stereocenters. The average Bonchev–Trinajstić information content (AvgIpc) is 3.31. The number of amides is 2. The van der Waals surface area contributed by atoms with Crippen molar-refractivity contribution in [3.8, 4) is 0 Å². The number of allylic oxidation sites excluding steroid dienone is 1. The van der Waals surface area contributed by atoms with Gasteiger partial charge in [-0.1, -0.05) is 62.4 Å². The SMILES string of the molecule is C=CCn1c(SCC(=O)Nc2cccc(C(=O)OCCC)c2)nnc1[C@@H](NC(=O)c1cccc(C)c1)C(C)C. The Morgan fingerprint density at radius 1 is 1.10 bits per heavy atom. The molecule has 39 heavy (non-hydrogen) atoms. The van der Waals surface area contributed by atoms with E-state index in [-0.39, 0.29) is 23.5 Å². The molecule has 1 aromatic heterocycles. The van der Waals surface area contributed by atoms with E-state index in [0.717, 1.165) is 12.0 Å². The molecule has 10 heteroatoms. The number of rotatable bonds is 13. The molecular weight excluding hydrogens is 514 g/mol. The predicted molar refractivity (Wildman–Crippen MR) is 153 cm³/mol. The monoisotopic (exact) mass is 549 g/mol. The fourth-order valence-electron chi connectivity index (χ4n) is 3.81. The minimum absolute atomic E-state index is 0.0314. The van der Waals surface area contributed by atoms with E-state index in [1.54, 1.807) is 36.4 Å². The summed E-state index contributed by atoms with van der Waals surface area (Å²) in [5.74, 6) is -0.193. The van der Waals surface area contributed by atoms with Crippen LogP contribution >= 0.6 is 11.8 Å². The van der Waals surface area contributed by atoms with E-state index in [0.29, 0.717) is 40.9 Å². The number of ether oxygens (including phenoxy) is 1. The fraction of sp³-hybridized carbons (Fsp3) is 0.345. The van der Waals surface area contributed by atoms with Gasteiger partial charge in [0.05, 0.1) is 24.0 Å². The molecule has 9 nitrogen and oxygen atoms in total. The van der Waals surface area contributed by atoms with Crippen molar-refractivity contribution in [2.75, 3.05) is 17.7 Å². The molecule has 0 unspecified atom stereocenters. The summed E-state index contributed by atoms with van der Waals surface area (Å²) in [5, 5.41) is 15.1. The molecule has 0 radical (unpaired) electrons. The number of aryl methyl sites for hydroxylation is 1. The summed E-state index contributed by atoms with van der Waals surface area (Å²) in [6, 6.07) is 13.6. The molecular formula is C29H35N5O4S. The van der Waals surface area contributed by atoms with Crippen molar-refractivity contribution in [1.29, 1.82) is 0 Å². The summed E-state index contributed by atoms with van der Waals surface area (Å²) >= 11 is 1.23. The van der Waals surface area contributed by atoms with Gasteiger partial charge in [-0.3, -0.25) is 9.59 Å². The first-order valence-corrected chi connectivity index (χ1v) is 13.8. The fourth-order valence-corrected chi connectivity index (χ4v) is 4.56. The van der Waals surface area contributed by atoms with Crippen molar-refractivity contribution in [3.63, 3.8) is 0 Å². The zero-order valence-corrected chi connectivity index (χ0v) is 23.6. The van der Waals surface area contributed by atoms with Gasteiger partial charge in [-0.05, 0) is 49.6 Å². The van der Waals surface area contributed by atoms with E-state index in [1.807, 2.05) is 50.5 Å². The molecule has 3 rings (SSSR count). The standard InChI is InChI=1S/C29H35N5O4S/c1-6-14-34-26(25(19(3)4)31-27(36)21-11-8-10-20(5)16-21)32-33-29(34)39-18-24(35)30-23-13-9-12-22(17-23)28(37)38-15-7-2/h6,8-13,16-17,19,25H,1,7,14-15,18H2,2-5H3,(H,30,35)(H,31,36)/t25-/m0/s1. The average molecular weight is 550 g/mol. The first-order valence-electron chi connectivity index (χ1n) is 12.8. The number of aromatic nitrogens is 3. The van der Waals surface area contributed by atoms with Gasteiger partial charge < -0.3 is 19.9 Å². The van der Waals surface area contributed by atoms with Crippen molar-refractivity contribution >= 4 is 35.2 Å². The van der Waals surface area contributed by atoms with Gasteiger partial charge in [0.15, 0.2) is 11.0 Å².